The molecule has 0 saturated carbocycles. The average molecular weight is 278 g/mol. The van der Waals surface area contributed by atoms with Crippen LogP contribution in [0.5, 0.6) is 0 Å². The van der Waals surface area contributed by atoms with E-state index >= 15 is 0 Å². The topological polar surface area (TPSA) is 38.7 Å². The molecule has 4 atom stereocenters. The van der Waals surface area contributed by atoms with Crippen LogP contribution in [0.1, 0.15) is 27.7 Å². The van der Waals surface area contributed by atoms with Gasteiger partial charge in [0, 0.05) is 5.92 Å². The van der Waals surface area contributed by atoms with Crippen LogP contribution in [-0.4, -0.2) is 37.7 Å². The molecule has 0 radical (unpaired) electrons. The number of aliphatic hydroxyl groups excluding tert-OH is 1. The lowest BCUT2D eigenvalue weighted by Gasteiger charge is -2.37. The standard InChI is InChI=1S/C12H26O3SSi/c1-8-9(15-11(16)10(8)13)7-14-17(5,6)12(2,3)4/h8-11,13,16H,7H2,1-6H3. The first-order valence-corrected chi connectivity index (χ1v) is 9.64. The Morgan fingerprint density at radius 2 is 1.88 bits per heavy atom. The minimum atomic E-state index is -1.73. The number of hydrogen-bond donors (Lipinski definition) is 2. The molecule has 0 aliphatic carbocycles. The van der Waals surface area contributed by atoms with Crippen LogP contribution in [0.4, 0.5) is 0 Å². The highest BCUT2D eigenvalue weighted by Gasteiger charge is 2.42. The number of aliphatic hydroxyl groups is 1. The van der Waals surface area contributed by atoms with E-state index < -0.39 is 14.4 Å². The van der Waals surface area contributed by atoms with Gasteiger partial charge in [0.1, 0.15) is 5.44 Å². The van der Waals surface area contributed by atoms with E-state index in [0.29, 0.717) is 6.61 Å². The third-order valence-corrected chi connectivity index (χ3v) is 9.07. The molecule has 0 aromatic carbocycles. The van der Waals surface area contributed by atoms with Gasteiger partial charge < -0.3 is 14.3 Å². The first-order chi connectivity index (χ1) is 7.56. The first-order valence-electron chi connectivity index (χ1n) is 6.22. The summed E-state index contributed by atoms with van der Waals surface area (Å²) in [6.45, 7) is 13.6. The van der Waals surface area contributed by atoms with Crippen molar-refractivity contribution >= 4 is 20.9 Å². The van der Waals surface area contributed by atoms with Gasteiger partial charge in [-0.05, 0) is 18.1 Å². The van der Waals surface area contributed by atoms with Crippen LogP contribution < -0.4 is 0 Å². The molecule has 1 N–H and O–H groups in total. The van der Waals surface area contributed by atoms with Crippen molar-refractivity contribution in [2.24, 2.45) is 5.92 Å². The second-order valence-corrected chi connectivity index (χ2v) is 11.8. The lowest BCUT2D eigenvalue weighted by Crippen LogP contribution is -2.43. The Hall–Kier alpha value is 0.447. The molecule has 1 aliphatic rings. The summed E-state index contributed by atoms with van der Waals surface area (Å²) in [6.07, 6.45) is -0.534. The fourth-order valence-corrected chi connectivity index (χ4v) is 3.00. The minimum Gasteiger partial charge on any atom is -0.414 e. The molecule has 0 spiro atoms. The van der Waals surface area contributed by atoms with E-state index in [-0.39, 0.29) is 22.5 Å². The van der Waals surface area contributed by atoms with E-state index in [2.05, 4.69) is 46.5 Å². The quantitative estimate of drug-likeness (QED) is 0.616. The zero-order valence-electron chi connectivity index (χ0n) is 11.7. The molecule has 0 aromatic heterocycles. The highest BCUT2D eigenvalue weighted by Crippen LogP contribution is 2.37. The van der Waals surface area contributed by atoms with Gasteiger partial charge in [-0.2, -0.15) is 0 Å². The van der Waals surface area contributed by atoms with Crippen molar-refractivity contribution in [1.29, 1.82) is 0 Å². The largest absolute Gasteiger partial charge is 0.414 e. The summed E-state index contributed by atoms with van der Waals surface area (Å²) in [5, 5.41) is 9.98. The SMILES string of the molecule is CC1C(CO[Si](C)(C)C(C)(C)C)OC(S)C1O. The third kappa shape index (κ3) is 3.47. The van der Waals surface area contributed by atoms with Gasteiger partial charge in [0.05, 0.1) is 18.8 Å². The van der Waals surface area contributed by atoms with Gasteiger partial charge in [0.2, 0.25) is 0 Å². The summed E-state index contributed by atoms with van der Waals surface area (Å²) in [5.74, 6) is 0.0854. The summed E-state index contributed by atoms with van der Waals surface area (Å²) in [7, 11) is -1.73. The molecule has 0 amide bonds. The molecule has 0 bridgehead atoms. The van der Waals surface area contributed by atoms with Gasteiger partial charge in [-0.1, -0.05) is 27.7 Å². The van der Waals surface area contributed by atoms with Crippen molar-refractivity contribution < 1.29 is 14.3 Å². The molecule has 1 saturated heterocycles. The van der Waals surface area contributed by atoms with Gasteiger partial charge in [0.25, 0.3) is 0 Å². The lowest BCUT2D eigenvalue weighted by atomic mass is 10.0. The molecule has 1 fully saturated rings. The Labute approximate surface area is 111 Å². The Morgan fingerprint density at radius 1 is 1.35 bits per heavy atom. The fraction of sp³-hybridized carbons (Fsp3) is 1.00. The second-order valence-electron chi connectivity index (χ2n) is 6.49. The van der Waals surface area contributed by atoms with E-state index in [4.69, 9.17) is 9.16 Å². The van der Waals surface area contributed by atoms with Crippen molar-refractivity contribution in [3.8, 4) is 0 Å². The van der Waals surface area contributed by atoms with Crippen LogP contribution >= 0.6 is 12.6 Å². The minimum absolute atomic E-state index is 0.0402. The number of rotatable bonds is 3. The van der Waals surface area contributed by atoms with Gasteiger partial charge in [0.15, 0.2) is 8.32 Å². The number of thiol groups is 1. The lowest BCUT2D eigenvalue weighted by molar-refractivity contribution is 0.0328. The van der Waals surface area contributed by atoms with Crippen LogP contribution in [0, 0.1) is 5.92 Å². The molecule has 102 valence electrons. The van der Waals surface area contributed by atoms with E-state index in [1.807, 2.05) is 6.92 Å². The Bertz CT molecular complexity index is 265. The Kier molecular flexibility index (Phi) is 4.75. The molecule has 1 heterocycles. The van der Waals surface area contributed by atoms with Crippen LogP contribution in [0.25, 0.3) is 0 Å². The smallest absolute Gasteiger partial charge is 0.192 e. The molecule has 17 heavy (non-hydrogen) atoms. The van der Waals surface area contributed by atoms with E-state index in [1.165, 1.54) is 0 Å². The van der Waals surface area contributed by atoms with E-state index in [9.17, 15) is 5.11 Å². The van der Waals surface area contributed by atoms with Crippen molar-refractivity contribution in [2.75, 3.05) is 6.61 Å². The zero-order valence-corrected chi connectivity index (χ0v) is 13.6. The monoisotopic (exact) mass is 278 g/mol. The van der Waals surface area contributed by atoms with Gasteiger partial charge in [-0.3, -0.25) is 0 Å². The Balaban J connectivity index is 2.53. The fourth-order valence-electron chi connectivity index (χ4n) is 1.56. The second kappa shape index (κ2) is 5.21. The van der Waals surface area contributed by atoms with Gasteiger partial charge in [-0.25, -0.2) is 0 Å². The average Bonchev–Trinajstić information content (AvgIpc) is 2.41. The van der Waals surface area contributed by atoms with Crippen LogP contribution in [0.3, 0.4) is 0 Å². The summed E-state index contributed by atoms with van der Waals surface area (Å²) in [6, 6.07) is 0. The summed E-state index contributed by atoms with van der Waals surface area (Å²) >= 11 is 4.21. The predicted molar refractivity (Wildman–Crippen MR) is 76.0 cm³/mol. The normalized spacial score (nSPS) is 35.3. The highest BCUT2D eigenvalue weighted by atomic mass is 32.1. The summed E-state index contributed by atoms with van der Waals surface area (Å²) in [4.78, 5) is 0. The van der Waals surface area contributed by atoms with Gasteiger partial charge >= 0.3 is 0 Å². The van der Waals surface area contributed by atoms with Crippen molar-refractivity contribution in [3.63, 3.8) is 0 Å². The molecule has 4 unspecified atom stereocenters. The zero-order chi connectivity index (χ0) is 13.4. The molecule has 0 aromatic rings. The highest BCUT2D eigenvalue weighted by molar-refractivity contribution is 7.80. The number of hydrogen-bond acceptors (Lipinski definition) is 4. The number of ether oxygens (including phenoxy) is 1. The predicted octanol–water partition coefficient (Wildman–Crippen LogP) is 2.66. The molecule has 5 heteroatoms. The maximum Gasteiger partial charge on any atom is 0.192 e. The maximum absolute atomic E-state index is 9.78. The third-order valence-electron chi connectivity index (χ3n) is 4.15. The van der Waals surface area contributed by atoms with Crippen molar-refractivity contribution in [1.82, 2.24) is 0 Å². The van der Waals surface area contributed by atoms with E-state index in [1.54, 1.807) is 0 Å². The molecule has 1 aliphatic heterocycles. The molecular weight excluding hydrogens is 252 g/mol. The first kappa shape index (κ1) is 15.5. The Morgan fingerprint density at radius 3 is 2.24 bits per heavy atom. The van der Waals surface area contributed by atoms with E-state index in [0.717, 1.165) is 0 Å². The van der Waals surface area contributed by atoms with Crippen molar-refractivity contribution in [2.45, 2.75) is 63.5 Å². The van der Waals surface area contributed by atoms with Crippen molar-refractivity contribution in [3.05, 3.63) is 0 Å². The maximum atomic E-state index is 9.78. The van der Waals surface area contributed by atoms with Crippen LogP contribution in [-0.2, 0) is 9.16 Å². The molecular formula is C12H26O3SSi. The van der Waals surface area contributed by atoms with Crippen LogP contribution in [0.2, 0.25) is 18.1 Å². The summed E-state index contributed by atoms with van der Waals surface area (Å²) < 4.78 is 11.7. The summed E-state index contributed by atoms with van der Waals surface area (Å²) in [5.41, 5.74) is -0.377. The van der Waals surface area contributed by atoms with Crippen LogP contribution in [0.15, 0.2) is 0 Å². The van der Waals surface area contributed by atoms with Gasteiger partial charge in [-0.15, -0.1) is 12.6 Å². The molecule has 1 rings (SSSR count). The molecule has 3 nitrogen and oxygen atoms in total.